The van der Waals surface area contributed by atoms with Crippen LogP contribution in [0.2, 0.25) is 0 Å². The number of nitrogens with one attached hydrogen (secondary N) is 1. The highest BCUT2D eigenvalue weighted by Crippen LogP contribution is 2.31. The second-order valence-electron chi connectivity index (χ2n) is 7.84. The number of rotatable bonds is 6. The molecule has 0 aliphatic rings. The monoisotopic (exact) mass is 437 g/mol. The quantitative estimate of drug-likeness (QED) is 0.354. The van der Waals surface area contributed by atoms with Crippen molar-refractivity contribution in [1.82, 2.24) is 19.7 Å². The maximum atomic E-state index is 12.1. The zero-order valence-electron chi connectivity index (χ0n) is 18.4. The summed E-state index contributed by atoms with van der Waals surface area (Å²) in [5.41, 5.74) is 5.02. The first-order valence-electron chi connectivity index (χ1n) is 10.8. The average Bonchev–Trinajstić information content (AvgIpc) is 3.23. The van der Waals surface area contributed by atoms with Gasteiger partial charge in [-0.3, -0.25) is 0 Å². The first kappa shape index (κ1) is 20.6. The molecule has 0 aliphatic carbocycles. The molecule has 5 aromatic rings. The van der Waals surface area contributed by atoms with Gasteiger partial charge in [-0.25, -0.2) is 9.78 Å². The molecule has 0 bridgehead atoms. The van der Waals surface area contributed by atoms with Gasteiger partial charge in [-0.15, -0.1) is 10.2 Å². The van der Waals surface area contributed by atoms with Gasteiger partial charge in [-0.1, -0.05) is 43.3 Å². The number of carbonyl (C=O) groups excluding carboxylic acids is 1. The van der Waals surface area contributed by atoms with Crippen LogP contribution in [0.1, 0.15) is 23.7 Å². The molecule has 2 heterocycles. The number of hydrogen-bond donors (Lipinski definition) is 1. The highest BCUT2D eigenvalue weighted by molar-refractivity contribution is 6.01. The molecule has 0 atom stereocenters. The Kier molecular flexibility index (Phi) is 5.44. The third-order valence-electron chi connectivity index (χ3n) is 5.51. The number of aromatic nitrogens is 4. The van der Waals surface area contributed by atoms with Gasteiger partial charge in [0.25, 0.3) is 0 Å². The molecule has 0 amide bonds. The summed E-state index contributed by atoms with van der Waals surface area (Å²) in [5, 5.41) is 14.3. The summed E-state index contributed by atoms with van der Waals surface area (Å²) in [4.78, 5) is 16.5. The highest BCUT2D eigenvalue weighted by Gasteiger charge is 2.13. The number of ether oxygens (including phenoxy) is 1. The second-order valence-corrected chi connectivity index (χ2v) is 7.84. The highest BCUT2D eigenvalue weighted by atomic mass is 16.5. The Balaban J connectivity index is 1.48. The lowest BCUT2D eigenvalue weighted by molar-refractivity contribution is 0.0505. The van der Waals surface area contributed by atoms with Crippen molar-refractivity contribution in [3.05, 3.63) is 78.6 Å². The number of esters is 1. The summed E-state index contributed by atoms with van der Waals surface area (Å²) < 4.78 is 7.20. The lowest BCUT2D eigenvalue weighted by atomic mass is 10.0. The first-order chi connectivity index (χ1) is 16.1. The lowest BCUT2D eigenvalue weighted by Crippen LogP contribution is -2.05. The van der Waals surface area contributed by atoms with Crippen molar-refractivity contribution < 1.29 is 9.53 Å². The van der Waals surface area contributed by atoms with Crippen molar-refractivity contribution in [3.8, 4) is 11.3 Å². The van der Waals surface area contributed by atoms with Crippen molar-refractivity contribution in [2.75, 3.05) is 11.9 Å². The fourth-order valence-corrected chi connectivity index (χ4v) is 3.80. The topological polar surface area (TPSA) is 81.9 Å². The van der Waals surface area contributed by atoms with Gasteiger partial charge >= 0.3 is 5.97 Å². The van der Waals surface area contributed by atoms with Gasteiger partial charge in [0.05, 0.1) is 29.5 Å². The van der Waals surface area contributed by atoms with Gasteiger partial charge < -0.3 is 14.6 Å². The minimum atomic E-state index is -0.316. The van der Waals surface area contributed by atoms with Gasteiger partial charge in [-0.2, -0.15) is 0 Å². The fourth-order valence-electron chi connectivity index (χ4n) is 3.80. The average molecular weight is 438 g/mol. The summed E-state index contributed by atoms with van der Waals surface area (Å²) in [7, 11) is 1.97. The largest absolute Gasteiger partial charge is 0.462 e. The Morgan fingerprint density at radius 2 is 1.79 bits per heavy atom. The van der Waals surface area contributed by atoms with Crippen molar-refractivity contribution in [1.29, 1.82) is 0 Å². The maximum Gasteiger partial charge on any atom is 0.338 e. The molecule has 7 nitrogen and oxygen atoms in total. The van der Waals surface area contributed by atoms with E-state index in [1.165, 1.54) is 0 Å². The zero-order valence-corrected chi connectivity index (χ0v) is 18.4. The van der Waals surface area contributed by atoms with E-state index >= 15 is 0 Å². The molecule has 2 aromatic heterocycles. The van der Waals surface area contributed by atoms with Gasteiger partial charge in [0.2, 0.25) is 0 Å². The summed E-state index contributed by atoms with van der Waals surface area (Å²) in [6, 6.07) is 21.3. The minimum Gasteiger partial charge on any atom is -0.462 e. The van der Waals surface area contributed by atoms with Crippen LogP contribution in [0, 0.1) is 0 Å². The molecule has 3 aromatic carbocycles. The van der Waals surface area contributed by atoms with Crippen LogP contribution in [0.15, 0.2) is 73.1 Å². The third-order valence-corrected chi connectivity index (χ3v) is 5.51. The summed E-state index contributed by atoms with van der Waals surface area (Å²) in [5.74, 6) is 0.355. The molecule has 0 unspecified atom stereocenters. The molecule has 0 spiro atoms. The SMILES string of the molecule is CCCOC(=O)c1ccc(-c2nnc(Nc3ccc4c(c3)ncn4C)c3ccccc23)cc1. The molecular formula is C26H23N5O2. The number of hydrogen-bond acceptors (Lipinski definition) is 6. The molecular weight excluding hydrogens is 414 g/mol. The van der Waals surface area contributed by atoms with E-state index < -0.39 is 0 Å². The Hall–Kier alpha value is -4.26. The van der Waals surface area contributed by atoms with Gasteiger partial charge in [0, 0.05) is 29.1 Å². The molecule has 5 rings (SSSR count). The molecule has 0 aliphatic heterocycles. The summed E-state index contributed by atoms with van der Waals surface area (Å²) >= 11 is 0. The number of nitrogens with zero attached hydrogens (tertiary/aromatic N) is 4. The van der Waals surface area contributed by atoms with E-state index in [1.807, 2.05) is 73.1 Å². The Labute approximate surface area is 191 Å². The van der Waals surface area contributed by atoms with E-state index in [2.05, 4.69) is 20.5 Å². The number of benzene rings is 3. The third kappa shape index (κ3) is 4.01. The van der Waals surface area contributed by atoms with Crippen molar-refractivity contribution >= 4 is 39.3 Å². The minimum absolute atomic E-state index is 0.316. The molecule has 0 fully saturated rings. The fraction of sp³-hybridized carbons (Fsp3) is 0.154. The first-order valence-corrected chi connectivity index (χ1v) is 10.8. The van der Waals surface area contributed by atoms with Crippen molar-refractivity contribution in [2.24, 2.45) is 7.05 Å². The van der Waals surface area contributed by atoms with Gasteiger partial charge in [-0.05, 0) is 36.8 Å². The van der Waals surface area contributed by atoms with Crippen LogP contribution in [-0.4, -0.2) is 32.3 Å². The van der Waals surface area contributed by atoms with Crippen molar-refractivity contribution in [3.63, 3.8) is 0 Å². The van der Waals surface area contributed by atoms with E-state index in [-0.39, 0.29) is 5.97 Å². The smallest absolute Gasteiger partial charge is 0.338 e. The van der Waals surface area contributed by atoms with E-state index in [1.54, 1.807) is 18.5 Å². The standard InChI is InChI=1S/C26H23N5O2/c1-3-14-33-26(32)18-10-8-17(9-11-18)24-20-6-4-5-7-21(20)25(30-29-24)28-19-12-13-23-22(15-19)27-16-31(23)2/h4-13,15-16H,3,14H2,1-2H3,(H,28,30). The molecule has 0 saturated carbocycles. The zero-order chi connectivity index (χ0) is 22.8. The Bertz CT molecular complexity index is 1460. The Morgan fingerprint density at radius 1 is 1.00 bits per heavy atom. The number of imidazole rings is 1. The van der Waals surface area contributed by atoms with E-state index in [0.29, 0.717) is 18.0 Å². The van der Waals surface area contributed by atoms with Crippen LogP contribution in [0.3, 0.4) is 0 Å². The van der Waals surface area contributed by atoms with E-state index in [0.717, 1.165) is 45.2 Å². The summed E-state index contributed by atoms with van der Waals surface area (Å²) in [6.07, 6.45) is 2.59. The Morgan fingerprint density at radius 3 is 2.58 bits per heavy atom. The van der Waals surface area contributed by atoms with Crippen LogP contribution in [0.25, 0.3) is 33.1 Å². The summed E-state index contributed by atoms with van der Waals surface area (Å²) in [6.45, 7) is 2.38. The molecule has 0 radical (unpaired) electrons. The molecule has 164 valence electrons. The van der Waals surface area contributed by atoms with Crippen LogP contribution < -0.4 is 5.32 Å². The molecule has 33 heavy (non-hydrogen) atoms. The van der Waals surface area contributed by atoms with Crippen molar-refractivity contribution in [2.45, 2.75) is 13.3 Å². The normalized spacial score (nSPS) is 11.1. The molecule has 1 N–H and O–H groups in total. The van der Waals surface area contributed by atoms with E-state index in [9.17, 15) is 4.79 Å². The molecule has 7 heteroatoms. The van der Waals surface area contributed by atoms with E-state index in [4.69, 9.17) is 4.74 Å². The number of carbonyl (C=O) groups is 1. The van der Waals surface area contributed by atoms with Crippen LogP contribution >= 0.6 is 0 Å². The predicted octanol–water partition coefficient (Wildman–Crippen LogP) is 5.49. The van der Waals surface area contributed by atoms with Crippen LogP contribution in [0.5, 0.6) is 0 Å². The second kappa shape index (κ2) is 8.70. The van der Waals surface area contributed by atoms with Crippen LogP contribution in [-0.2, 0) is 11.8 Å². The van der Waals surface area contributed by atoms with Gasteiger partial charge in [0.15, 0.2) is 5.82 Å². The number of aryl methyl sites for hydroxylation is 1. The number of fused-ring (bicyclic) bond motifs is 2. The van der Waals surface area contributed by atoms with Crippen LogP contribution in [0.4, 0.5) is 11.5 Å². The van der Waals surface area contributed by atoms with Gasteiger partial charge in [0.1, 0.15) is 5.69 Å². The maximum absolute atomic E-state index is 12.1. The number of anilines is 2. The predicted molar refractivity (Wildman–Crippen MR) is 130 cm³/mol. The molecule has 0 saturated heterocycles. The lowest BCUT2D eigenvalue weighted by Gasteiger charge is -2.12.